The first-order valence-electron chi connectivity index (χ1n) is 0.949. The van der Waals surface area contributed by atoms with Crippen LogP contribution in [0.4, 0.5) is 0 Å². The summed E-state index contributed by atoms with van der Waals surface area (Å²) in [7, 11) is 0. The summed E-state index contributed by atoms with van der Waals surface area (Å²) in [6.45, 7) is 0. The fraction of sp³-hybridized carbons (Fsp3) is 0. The van der Waals surface area contributed by atoms with E-state index in [0.717, 1.165) is 0 Å². The van der Waals surface area contributed by atoms with E-state index in [-0.39, 0.29) is 0 Å². The van der Waals surface area contributed by atoms with E-state index >= 15 is 0 Å². The van der Waals surface area contributed by atoms with Crippen LogP contribution in [-0.4, -0.2) is 5.54 Å². The van der Waals surface area contributed by atoms with E-state index in [1.807, 2.05) is 0 Å². The van der Waals surface area contributed by atoms with Crippen LogP contribution in [0.3, 0.4) is 0 Å². The van der Waals surface area contributed by atoms with Gasteiger partial charge in [0.1, 0.15) is 0 Å². The molecule has 0 amide bonds. The lowest BCUT2D eigenvalue weighted by Crippen LogP contribution is -1.80. The zero-order valence-corrected chi connectivity index (χ0v) is 3.79. The Morgan fingerprint density at radius 1 is 1.60 bits per heavy atom. The largest absolute Gasteiger partial charge is 0.465 e. The van der Waals surface area contributed by atoms with Crippen molar-refractivity contribution in [3.8, 4) is 5.97 Å². The summed E-state index contributed by atoms with van der Waals surface area (Å²) in [6, 6.07) is 0. The van der Waals surface area contributed by atoms with E-state index in [1.165, 1.54) is 0 Å². The molecular weight excluding hydrogens is 108 g/mol. The number of rotatable bonds is 0. The van der Waals surface area contributed by atoms with Crippen LogP contribution in [0.25, 0.3) is 0 Å². The minimum atomic E-state index is -0.866. The summed E-state index contributed by atoms with van der Waals surface area (Å²) >= 11 is 9.73. The molecule has 0 N–H and O–H groups in total. The van der Waals surface area contributed by atoms with Crippen LogP contribution in [-0.2, 0) is 0 Å². The van der Waals surface area contributed by atoms with Crippen molar-refractivity contribution in [1.29, 1.82) is 5.26 Å². The first-order chi connectivity index (χ1) is 2.27. The summed E-state index contributed by atoms with van der Waals surface area (Å²) in [6.07, 6.45) is 0. The average Bonchev–Trinajstić information content (AvgIpc) is 1.38. The molecule has 0 unspecified atom stereocenters. The SMILES string of the molecule is N#CB(Cl)Cl. The first kappa shape index (κ1) is 5.13. The van der Waals surface area contributed by atoms with E-state index < -0.39 is 5.54 Å². The van der Waals surface area contributed by atoms with Crippen LogP contribution in [0.5, 0.6) is 0 Å². The lowest BCUT2D eigenvalue weighted by Gasteiger charge is -1.61. The third-order valence-corrected chi connectivity index (χ3v) is 0.293. The number of halogens is 2. The number of hydrogen-bond donors (Lipinski definition) is 0. The topological polar surface area (TPSA) is 23.8 Å². The third-order valence-electron chi connectivity index (χ3n) is 0.0976. The van der Waals surface area contributed by atoms with Crippen molar-refractivity contribution in [1.82, 2.24) is 0 Å². The zero-order valence-electron chi connectivity index (χ0n) is 2.28. The van der Waals surface area contributed by atoms with Crippen LogP contribution in [0, 0.1) is 11.2 Å². The molecule has 5 heavy (non-hydrogen) atoms. The minimum absolute atomic E-state index is 0.866. The molecular formula is CBCl2N. The van der Waals surface area contributed by atoms with E-state index in [9.17, 15) is 0 Å². The van der Waals surface area contributed by atoms with Gasteiger partial charge in [0.05, 0.1) is 0 Å². The molecule has 0 fully saturated rings. The monoisotopic (exact) mass is 107 g/mol. The third kappa shape index (κ3) is 4.13. The van der Waals surface area contributed by atoms with Crippen molar-refractivity contribution in [3.05, 3.63) is 0 Å². The fourth-order valence-electron chi connectivity index (χ4n) is 0. The van der Waals surface area contributed by atoms with E-state index in [2.05, 4.69) is 0 Å². The Kier molecular flexibility index (Phi) is 2.44. The molecule has 0 atom stereocenters. The molecule has 0 spiro atoms. The van der Waals surface area contributed by atoms with Gasteiger partial charge >= 0.3 is 5.54 Å². The van der Waals surface area contributed by atoms with E-state index in [4.69, 9.17) is 28.2 Å². The molecule has 26 valence electrons. The Morgan fingerprint density at radius 2 is 1.80 bits per heavy atom. The van der Waals surface area contributed by atoms with Gasteiger partial charge in [-0.15, -0.1) is 0 Å². The van der Waals surface area contributed by atoms with Gasteiger partial charge in [-0.3, -0.25) is 0 Å². The van der Waals surface area contributed by atoms with Crippen molar-refractivity contribution in [2.45, 2.75) is 0 Å². The Bertz CT molecular complexity index is 55.2. The fourth-order valence-corrected chi connectivity index (χ4v) is 0. The molecule has 0 aromatic carbocycles. The van der Waals surface area contributed by atoms with Crippen molar-refractivity contribution < 1.29 is 0 Å². The number of hydrogen-bond acceptors (Lipinski definition) is 1. The van der Waals surface area contributed by atoms with Gasteiger partial charge in [-0.05, 0) is 0 Å². The molecule has 1 nitrogen and oxygen atoms in total. The standard InChI is InChI=1S/CBCl2N/c3-2(4)1-5. The van der Waals surface area contributed by atoms with Crippen LogP contribution >= 0.6 is 22.9 Å². The van der Waals surface area contributed by atoms with Gasteiger partial charge in [0, 0.05) is 5.97 Å². The molecule has 0 aliphatic carbocycles. The van der Waals surface area contributed by atoms with Crippen molar-refractivity contribution in [2.24, 2.45) is 0 Å². The highest BCUT2D eigenvalue weighted by Crippen LogP contribution is 1.88. The maximum Gasteiger partial charge on any atom is 0.465 e. The molecule has 0 radical (unpaired) electrons. The second kappa shape index (κ2) is 2.38. The molecule has 0 rings (SSSR count). The summed E-state index contributed by atoms with van der Waals surface area (Å²) in [5.41, 5.74) is -0.866. The highest BCUT2D eigenvalue weighted by Gasteiger charge is 1.97. The molecule has 0 aliphatic rings. The van der Waals surface area contributed by atoms with Crippen LogP contribution in [0.1, 0.15) is 0 Å². The normalized spacial score (nSPS) is 5.80. The summed E-state index contributed by atoms with van der Waals surface area (Å²) < 4.78 is 0. The zero-order chi connectivity index (χ0) is 4.28. The average molecular weight is 108 g/mol. The maximum absolute atomic E-state index is 7.63. The van der Waals surface area contributed by atoms with Crippen LogP contribution in [0.2, 0.25) is 0 Å². The molecule has 0 aliphatic heterocycles. The van der Waals surface area contributed by atoms with E-state index in [1.54, 1.807) is 5.97 Å². The Labute approximate surface area is 40.4 Å². The quantitative estimate of drug-likeness (QED) is 0.424. The predicted octanol–water partition coefficient (Wildman–Crippen LogP) is 1.01. The molecule has 0 heterocycles. The summed E-state index contributed by atoms with van der Waals surface area (Å²) in [5, 5.41) is 7.63. The first-order valence-corrected chi connectivity index (χ1v) is 1.82. The van der Waals surface area contributed by atoms with Crippen LogP contribution < -0.4 is 0 Å². The summed E-state index contributed by atoms with van der Waals surface area (Å²) in [4.78, 5) is 0. The lowest BCUT2D eigenvalue weighted by atomic mass is 10.2. The molecule has 4 heteroatoms. The predicted molar refractivity (Wildman–Crippen MR) is 23.1 cm³/mol. The van der Waals surface area contributed by atoms with Gasteiger partial charge in [-0.25, -0.2) is 5.26 Å². The maximum atomic E-state index is 7.63. The molecule has 0 saturated heterocycles. The van der Waals surface area contributed by atoms with Crippen molar-refractivity contribution in [3.63, 3.8) is 0 Å². The van der Waals surface area contributed by atoms with E-state index in [0.29, 0.717) is 0 Å². The minimum Gasteiger partial charge on any atom is -0.209 e. The van der Waals surface area contributed by atoms with Crippen molar-refractivity contribution in [2.75, 3.05) is 0 Å². The highest BCUT2D eigenvalue weighted by molar-refractivity contribution is 7.37. The number of nitrogens with zero attached hydrogens (tertiary/aromatic N) is 1. The summed E-state index contributed by atoms with van der Waals surface area (Å²) in [5.74, 6) is 1.56. The van der Waals surface area contributed by atoms with Crippen LogP contribution in [0.15, 0.2) is 0 Å². The molecule has 0 aromatic rings. The van der Waals surface area contributed by atoms with Gasteiger partial charge in [0.15, 0.2) is 0 Å². The van der Waals surface area contributed by atoms with Gasteiger partial charge in [-0.2, -0.15) is 22.9 Å². The Hall–Kier alpha value is 0.135. The van der Waals surface area contributed by atoms with Crippen molar-refractivity contribution >= 4 is 28.5 Å². The second-order valence-electron chi connectivity index (χ2n) is 0.430. The lowest BCUT2D eigenvalue weighted by molar-refractivity contribution is 1.56. The Morgan fingerprint density at radius 3 is 1.80 bits per heavy atom. The smallest absolute Gasteiger partial charge is 0.209 e. The highest BCUT2D eigenvalue weighted by atomic mass is 35.5. The molecule has 0 aromatic heterocycles. The second-order valence-corrected chi connectivity index (χ2v) is 1.53. The van der Waals surface area contributed by atoms with Gasteiger partial charge < -0.3 is 0 Å². The Balaban J connectivity index is 2.94. The van der Waals surface area contributed by atoms with Gasteiger partial charge in [0.2, 0.25) is 0 Å². The van der Waals surface area contributed by atoms with Gasteiger partial charge in [0.25, 0.3) is 0 Å². The molecule has 0 bridgehead atoms. The van der Waals surface area contributed by atoms with Gasteiger partial charge in [-0.1, -0.05) is 0 Å². The molecule has 0 saturated carbocycles. The number of nitriles is 1.